The van der Waals surface area contributed by atoms with Gasteiger partial charge >= 0.3 is 0 Å². The summed E-state index contributed by atoms with van der Waals surface area (Å²) in [5.41, 5.74) is 3.43. The molecule has 0 radical (unpaired) electrons. The predicted molar refractivity (Wildman–Crippen MR) is 121 cm³/mol. The van der Waals surface area contributed by atoms with E-state index in [1.165, 1.54) is 11.1 Å². The molecule has 0 atom stereocenters. The average Bonchev–Trinajstić information content (AvgIpc) is 3.08. The number of para-hydroxylation sites is 1. The molecule has 1 aliphatic heterocycles. The van der Waals surface area contributed by atoms with Crippen molar-refractivity contribution in [2.75, 3.05) is 25.1 Å². The van der Waals surface area contributed by atoms with Crippen LogP contribution in [0.1, 0.15) is 24.5 Å². The fraction of sp³-hybridized carbons (Fsp3) is 0.381. The van der Waals surface area contributed by atoms with Gasteiger partial charge in [0.2, 0.25) is 0 Å². The zero-order valence-corrected chi connectivity index (χ0v) is 18.2. The number of hydrogen-bond acceptors (Lipinski definition) is 3. The molecule has 0 spiro atoms. The van der Waals surface area contributed by atoms with Crippen LogP contribution in [0, 0.1) is 6.92 Å². The molecule has 0 saturated carbocycles. The Bertz CT molecular complexity index is 714. The summed E-state index contributed by atoms with van der Waals surface area (Å²) in [6, 6.07) is 18.5. The molecule has 1 heterocycles. The monoisotopic (exact) mass is 481 g/mol. The van der Waals surface area contributed by atoms with Gasteiger partial charge in [0, 0.05) is 18.7 Å². The molecule has 0 amide bonds. The summed E-state index contributed by atoms with van der Waals surface area (Å²) in [6.07, 6.45) is 0.757. The number of benzene rings is 2. The first-order valence-corrected chi connectivity index (χ1v) is 9.07. The van der Waals surface area contributed by atoms with Crippen molar-refractivity contribution in [1.29, 1.82) is 0 Å². The normalized spacial score (nSPS) is 15.9. The number of ether oxygens (including phenoxy) is 2. The van der Waals surface area contributed by atoms with Crippen LogP contribution < -0.4 is 10.6 Å². The molecule has 2 aromatic rings. The van der Waals surface area contributed by atoms with Gasteiger partial charge in [-0.3, -0.25) is 0 Å². The van der Waals surface area contributed by atoms with Crippen molar-refractivity contribution in [3.05, 3.63) is 65.7 Å². The Hall–Kier alpha value is -1.64. The number of hydrogen-bond donors (Lipinski definition) is 2. The third-order valence-corrected chi connectivity index (χ3v) is 4.35. The Balaban J connectivity index is 0.00000261. The lowest BCUT2D eigenvalue weighted by atomic mass is 10.1. The second kappa shape index (κ2) is 10.6. The third-order valence-electron chi connectivity index (χ3n) is 4.35. The maximum Gasteiger partial charge on any atom is 0.196 e. The number of nitrogens with one attached hydrogen (secondary N) is 2. The standard InChI is InChI=1S/C21H27N3O2.HI/c1-17-8-10-18(11-9-17)16-23-20(24-19-6-4-3-5-7-19)22-13-12-21(2)25-14-15-26-21;/h3-11H,12-16H2,1-2H3,(H2,22,23,24);1H. The topological polar surface area (TPSA) is 54.9 Å². The van der Waals surface area contributed by atoms with Crippen molar-refractivity contribution in [3.63, 3.8) is 0 Å². The van der Waals surface area contributed by atoms with Gasteiger partial charge in [-0.05, 0) is 31.5 Å². The van der Waals surface area contributed by atoms with Gasteiger partial charge in [-0.1, -0.05) is 48.0 Å². The van der Waals surface area contributed by atoms with E-state index < -0.39 is 5.79 Å². The quantitative estimate of drug-likeness (QED) is 0.367. The van der Waals surface area contributed by atoms with Gasteiger partial charge in [0.15, 0.2) is 11.7 Å². The molecule has 5 nitrogen and oxygen atoms in total. The van der Waals surface area contributed by atoms with Gasteiger partial charge in [0.25, 0.3) is 0 Å². The Kier molecular flexibility index (Phi) is 8.53. The van der Waals surface area contributed by atoms with Crippen LogP contribution in [0.2, 0.25) is 0 Å². The minimum Gasteiger partial charge on any atom is -0.356 e. The highest BCUT2D eigenvalue weighted by Crippen LogP contribution is 2.21. The van der Waals surface area contributed by atoms with Crippen molar-refractivity contribution in [2.24, 2.45) is 4.99 Å². The maximum atomic E-state index is 5.66. The van der Waals surface area contributed by atoms with Gasteiger partial charge in [0.1, 0.15) is 0 Å². The summed E-state index contributed by atoms with van der Waals surface area (Å²) < 4.78 is 11.3. The lowest BCUT2D eigenvalue weighted by Crippen LogP contribution is -2.36. The molecule has 0 aromatic heterocycles. The molecule has 1 saturated heterocycles. The van der Waals surface area contributed by atoms with E-state index in [4.69, 9.17) is 14.5 Å². The van der Waals surface area contributed by atoms with Crippen molar-refractivity contribution < 1.29 is 9.47 Å². The minimum absolute atomic E-state index is 0. The lowest BCUT2D eigenvalue weighted by molar-refractivity contribution is -0.145. The molecule has 0 bridgehead atoms. The summed E-state index contributed by atoms with van der Waals surface area (Å²) >= 11 is 0. The fourth-order valence-corrected chi connectivity index (χ4v) is 2.77. The Morgan fingerprint density at radius 3 is 2.37 bits per heavy atom. The van der Waals surface area contributed by atoms with Gasteiger partial charge < -0.3 is 20.1 Å². The Morgan fingerprint density at radius 2 is 1.70 bits per heavy atom. The SMILES string of the molecule is Cc1ccc(CN=C(NCCC2(C)OCCO2)Nc2ccccc2)cc1.I. The second-order valence-corrected chi connectivity index (χ2v) is 6.65. The molecule has 2 N–H and O–H groups in total. The second-order valence-electron chi connectivity index (χ2n) is 6.65. The highest BCUT2D eigenvalue weighted by atomic mass is 127. The van der Waals surface area contributed by atoms with Crippen molar-refractivity contribution in [2.45, 2.75) is 32.6 Å². The first-order valence-electron chi connectivity index (χ1n) is 9.07. The molecule has 6 heteroatoms. The molecule has 1 fully saturated rings. The highest BCUT2D eigenvalue weighted by molar-refractivity contribution is 14.0. The molecule has 2 aromatic carbocycles. The number of aliphatic imine (C=N–C) groups is 1. The van der Waals surface area contributed by atoms with Gasteiger partial charge in [-0.25, -0.2) is 4.99 Å². The van der Waals surface area contributed by atoms with Crippen LogP contribution in [0.25, 0.3) is 0 Å². The van der Waals surface area contributed by atoms with Crippen LogP contribution in [-0.2, 0) is 16.0 Å². The van der Waals surface area contributed by atoms with E-state index in [0.717, 1.165) is 18.1 Å². The fourth-order valence-electron chi connectivity index (χ4n) is 2.77. The van der Waals surface area contributed by atoms with Crippen molar-refractivity contribution >= 4 is 35.6 Å². The van der Waals surface area contributed by atoms with Gasteiger partial charge in [-0.2, -0.15) is 0 Å². The number of nitrogens with zero attached hydrogens (tertiary/aromatic N) is 1. The van der Waals surface area contributed by atoms with E-state index in [1.54, 1.807) is 0 Å². The molecule has 0 aliphatic carbocycles. The van der Waals surface area contributed by atoms with Crippen molar-refractivity contribution in [1.82, 2.24) is 5.32 Å². The number of aryl methyl sites for hydroxylation is 1. The summed E-state index contributed by atoms with van der Waals surface area (Å²) in [5, 5.41) is 6.74. The Labute approximate surface area is 178 Å². The molecule has 0 unspecified atom stereocenters. The van der Waals surface area contributed by atoms with E-state index in [9.17, 15) is 0 Å². The van der Waals surface area contributed by atoms with Gasteiger partial charge in [-0.15, -0.1) is 24.0 Å². The summed E-state index contributed by atoms with van der Waals surface area (Å²) in [5.74, 6) is 0.250. The van der Waals surface area contributed by atoms with Crippen LogP contribution in [0.15, 0.2) is 59.6 Å². The largest absolute Gasteiger partial charge is 0.356 e. The minimum atomic E-state index is -0.498. The average molecular weight is 481 g/mol. The first kappa shape index (κ1) is 21.7. The smallest absolute Gasteiger partial charge is 0.196 e. The predicted octanol–water partition coefficient (Wildman–Crippen LogP) is 4.32. The maximum absolute atomic E-state index is 5.66. The molecular formula is C21H28IN3O2. The van der Waals surface area contributed by atoms with Crippen LogP contribution in [0.5, 0.6) is 0 Å². The van der Waals surface area contributed by atoms with E-state index >= 15 is 0 Å². The lowest BCUT2D eigenvalue weighted by Gasteiger charge is -2.23. The zero-order valence-electron chi connectivity index (χ0n) is 15.9. The Morgan fingerprint density at radius 1 is 1.04 bits per heavy atom. The van der Waals surface area contributed by atoms with Crippen LogP contribution >= 0.6 is 24.0 Å². The van der Waals surface area contributed by atoms with Crippen LogP contribution in [0.4, 0.5) is 5.69 Å². The first-order chi connectivity index (χ1) is 12.6. The number of guanidine groups is 1. The van der Waals surface area contributed by atoms with Crippen LogP contribution in [0.3, 0.4) is 0 Å². The summed E-state index contributed by atoms with van der Waals surface area (Å²) in [7, 11) is 0. The zero-order chi connectivity index (χ0) is 18.2. The highest BCUT2D eigenvalue weighted by Gasteiger charge is 2.30. The number of rotatable bonds is 6. The van der Waals surface area contributed by atoms with Crippen molar-refractivity contribution in [3.8, 4) is 0 Å². The van der Waals surface area contributed by atoms with Crippen LogP contribution in [-0.4, -0.2) is 31.5 Å². The summed E-state index contributed by atoms with van der Waals surface area (Å²) in [6.45, 7) is 6.72. The number of anilines is 1. The van der Waals surface area contributed by atoms with E-state index in [1.807, 2.05) is 37.3 Å². The van der Waals surface area contributed by atoms with E-state index in [0.29, 0.717) is 26.3 Å². The molecular weight excluding hydrogens is 453 g/mol. The molecule has 27 heavy (non-hydrogen) atoms. The molecule has 146 valence electrons. The molecule has 1 aliphatic rings. The summed E-state index contributed by atoms with van der Waals surface area (Å²) in [4.78, 5) is 4.72. The number of halogens is 1. The van der Waals surface area contributed by atoms with E-state index in [-0.39, 0.29) is 24.0 Å². The third kappa shape index (κ3) is 7.12. The molecule has 3 rings (SSSR count). The van der Waals surface area contributed by atoms with E-state index in [2.05, 4.69) is 41.8 Å². The van der Waals surface area contributed by atoms with Gasteiger partial charge in [0.05, 0.1) is 19.8 Å².